The van der Waals surface area contributed by atoms with Gasteiger partial charge in [0, 0.05) is 0 Å². The second kappa shape index (κ2) is 3.53. The van der Waals surface area contributed by atoms with Crippen LogP contribution in [-0.2, 0) is 0 Å². The minimum absolute atomic E-state index is 0.436. The first-order valence-corrected chi connectivity index (χ1v) is 7.03. The van der Waals surface area contributed by atoms with Crippen LogP contribution in [0.1, 0.15) is 54.4 Å². The van der Waals surface area contributed by atoms with Crippen LogP contribution in [0.2, 0.25) is 12.6 Å². The maximum absolute atomic E-state index is 2.57. The predicted molar refractivity (Wildman–Crippen MR) is 72.9 cm³/mol. The van der Waals surface area contributed by atoms with Crippen molar-refractivity contribution in [1.82, 2.24) is 0 Å². The molecule has 0 aromatic carbocycles. The average Bonchev–Trinajstić information content (AvgIpc) is 2.30. The van der Waals surface area contributed by atoms with Gasteiger partial charge in [-0.05, 0) is 28.1 Å². The highest BCUT2D eigenvalue weighted by atomic mass is 14.7. The first kappa shape index (κ1) is 12.5. The normalized spacial score (nSPS) is 33.6. The summed E-state index contributed by atoms with van der Waals surface area (Å²) in [5.41, 5.74) is 1.42. The van der Waals surface area contributed by atoms with E-state index in [-0.39, 0.29) is 0 Å². The lowest BCUT2D eigenvalue weighted by Crippen LogP contribution is -2.55. The molecule has 0 amide bonds. The summed E-state index contributed by atoms with van der Waals surface area (Å²) in [5.74, 6) is 1.87. The van der Waals surface area contributed by atoms with Gasteiger partial charge in [-0.1, -0.05) is 67.0 Å². The molecule has 2 rings (SSSR count). The van der Waals surface area contributed by atoms with Crippen molar-refractivity contribution in [3.05, 3.63) is 0 Å². The van der Waals surface area contributed by atoms with E-state index in [9.17, 15) is 0 Å². The quantitative estimate of drug-likeness (QED) is 0.520. The van der Waals surface area contributed by atoms with Crippen LogP contribution in [0.3, 0.4) is 0 Å². The fourth-order valence-corrected chi connectivity index (χ4v) is 5.87. The van der Waals surface area contributed by atoms with Crippen LogP contribution in [0.4, 0.5) is 0 Å². The molecule has 1 aliphatic carbocycles. The number of hydrogen-bond acceptors (Lipinski definition) is 0. The standard InChI is InChI=1S/C15H28B/c1-13(2,3)15(14(4,5)6)11-7-8-12(15)10-16-9-11/h11-12H,7-10H2,1-6H3. The summed E-state index contributed by atoms with van der Waals surface area (Å²) in [6.07, 6.45) is 5.67. The molecule has 16 heavy (non-hydrogen) atoms. The van der Waals surface area contributed by atoms with Gasteiger partial charge in [0.15, 0.2) is 0 Å². The fraction of sp³-hybridized carbons (Fsp3) is 1.00. The summed E-state index contributed by atoms with van der Waals surface area (Å²) in [4.78, 5) is 0. The minimum atomic E-state index is 0.436. The van der Waals surface area contributed by atoms with E-state index in [1.54, 1.807) is 0 Å². The van der Waals surface area contributed by atoms with Crippen molar-refractivity contribution in [1.29, 1.82) is 0 Å². The maximum atomic E-state index is 2.57. The Morgan fingerprint density at radius 3 is 1.44 bits per heavy atom. The van der Waals surface area contributed by atoms with Gasteiger partial charge in [-0.15, -0.1) is 0 Å². The largest absolute Gasteiger partial charge is 0.110 e. The molecule has 2 atom stereocenters. The van der Waals surface area contributed by atoms with Crippen molar-refractivity contribution in [3.8, 4) is 0 Å². The third kappa shape index (κ3) is 1.42. The molecule has 1 aliphatic heterocycles. The van der Waals surface area contributed by atoms with Crippen molar-refractivity contribution in [2.45, 2.75) is 67.0 Å². The molecule has 2 unspecified atom stereocenters. The second-order valence-corrected chi connectivity index (χ2v) is 8.10. The smallest absolute Gasteiger partial charge is 0.0770 e. The number of hydrogen-bond donors (Lipinski definition) is 0. The van der Waals surface area contributed by atoms with Crippen molar-refractivity contribution in [3.63, 3.8) is 0 Å². The second-order valence-electron chi connectivity index (χ2n) is 8.10. The van der Waals surface area contributed by atoms with E-state index in [1.165, 1.54) is 25.5 Å². The molecule has 0 spiro atoms. The molecule has 1 saturated carbocycles. The molecular weight excluding hydrogens is 191 g/mol. The van der Waals surface area contributed by atoms with E-state index >= 15 is 0 Å². The van der Waals surface area contributed by atoms with Gasteiger partial charge in [-0.25, -0.2) is 0 Å². The number of fused-ring (bicyclic) bond motifs is 2. The van der Waals surface area contributed by atoms with E-state index in [1.807, 2.05) is 0 Å². The molecule has 1 saturated heterocycles. The van der Waals surface area contributed by atoms with Gasteiger partial charge in [0.1, 0.15) is 7.28 Å². The Bertz CT molecular complexity index is 234. The van der Waals surface area contributed by atoms with Crippen LogP contribution >= 0.6 is 0 Å². The molecule has 1 heterocycles. The van der Waals surface area contributed by atoms with E-state index in [0.717, 1.165) is 11.8 Å². The van der Waals surface area contributed by atoms with Crippen molar-refractivity contribution < 1.29 is 0 Å². The lowest BCUT2D eigenvalue weighted by atomic mass is 9.38. The van der Waals surface area contributed by atoms with Crippen LogP contribution in [0.25, 0.3) is 0 Å². The molecular formula is C15H28B. The molecule has 0 N–H and O–H groups in total. The highest BCUT2D eigenvalue weighted by molar-refractivity contribution is 6.36. The summed E-state index contributed by atoms with van der Waals surface area (Å²) in [7, 11) is 2.57. The molecule has 0 aromatic heterocycles. The van der Waals surface area contributed by atoms with Gasteiger partial charge in [0.2, 0.25) is 0 Å². The zero-order valence-corrected chi connectivity index (χ0v) is 12.1. The highest BCUT2D eigenvalue weighted by Crippen LogP contribution is 2.69. The maximum Gasteiger partial charge on any atom is 0.110 e. The molecule has 0 aromatic rings. The van der Waals surface area contributed by atoms with Crippen molar-refractivity contribution >= 4 is 7.28 Å². The van der Waals surface area contributed by atoms with Crippen LogP contribution < -0.4 is 0 Å². The topological polar surface area (TPSA) is 0 Å². The van der Waals surface area contributed by atoms with Gasteiger partial charge in [-0.2, -0.15) is 0 Å². The first-order chi connectivity index (χ1) is 7.21. The van der Waals surface area contributed by atoms with Gasteiger partial charge in [0.25, 0.3) is 0 Å². The van der Waals surface area contributed by atoms with Gasteiger partial charge >= 0.3 is 0 Å². The predicted octanol–water partition coefficient (Wildman–Crippen LogP) is 4.65. The summed E-state index contributed by atoms with van der Waals surface area (Å²) >= 11 is 0. The Morgan fingerprint density at radius 1 is 0.812 bits per heavy atom. The lowest BCUT2D eigenvalue weighted by Gasteiger charge is -2.60. The Morgan fingerprint density at radius 2 is 1.19 bits per heavy atom. The van der Waals surface area contributed by atoms with Crippen LogP contribution in [0.15, 0.2) is 0 Å². The van der Waals surface area contributed by atoms with Crippen molar-refractivity contribution in [2.75, 3.05) is 0 Å². The SMILES string of the molecule is CC(C)(C)C1(C(C)(C)C)C2C[B]CC1CC2. The van der Waals surface area contributed by atoms with Gasteiger partial charge < -0.3 is 0 Å². The third-order valence-electron chi connectivity index (χ3n) is 5.54. The fourth-order valence-electron chi connectivity index (χ4n) is 5.87. The zero-order chi connectivity index (χ0) is 12.2. The Hall–Kier alpha value is 0.0649. The van der Waals surface area contributed by atoms with Gasteiger partial charge in [0.05, 0.1) is 0 Å². The van der Waals surface area contributed by atoms with E-state index < -0.39 is 0 Å². The Labute approximate surface area is 103 Å². The third-order valence-corrected chi connectivity index (χ3v) is 5.54. The van der Waals surface area contributed by atoms with E-state index in [0.29, 0.717) is 16.2 Å². The van der Waals surface area contributed by atoms with Gasteiger partial charge in [-0.3, -0.25) is 0 Å². The highest BCUT2D eigenvalue weighted by Gasteiger charge is 2.62. The molecule has 0 nitrogen and oxygen atoms in total. The molecule has 1 radical (unpaired) electrons. The number of rotatable bonds is 0. The summed E-state index contributed by atoms with van der Waals surface area (Å²) in [5, 5.41) is 0. The zero-order valence-electron chi connectivity index (χ0n) is 12.1. The molecule has 2 aliphatic rings. The van der Waals surface area contributed by atoms with Crippen molar-refractivity contribution in [2.24, 2.45) is 28.1 Å². The van der Waals surface area contributed by atoms with E-state index in [2.05, 4.69) is 48.8 Å². The van der Waals surface area contributed by atoms with Crippen LogP contribution in [0, 0.1) is 28.1 Å². The van der Waals surface area contributed by atoms with Crippen LogP contribution in [0.5, 0.6) is 0 Å². The minimum Gasteiger partial charge on any atom is -0.0770 e. The summed E-state index contributed by atoms with van der Waals surface area (Å²) in [6.45, 7) is 14.9. The average molecular weight is 219 g/mol. The first-order valence-electron chi connectivity index (χ1n) is 7.03. The molecule has 1 heteroatoms. The Balaban J connectivity index is 2.51. The summed E-state index contributed by atoms with van der Waals surface area (Å²) in [6, 6.07) is 0. The monoisotopic (exact) mass is 219 g/mol. The van der Waals surface area contributed by atoms with E-state index in [4.69, 9.17) is 0 Å². The molecule has 91 valence electrons. The lowest BCUT2D eigenvalue weighted by molar-refractivity contribution is -0.0977. The molecule has 2 bridgehead atoms. The van der Waals surface area contributed by atoms with Crippen LogP contribution in [-0.4, -0.2) is 7.28 Å². The molecule has 2 fully saturated rings. The Kier molecular flexibility index (Phi) is 2.76. The summed E-state index contributed by atoms with van der Waals surface area (Å²) < 4.78 is 0.